The molecule has 0 saturated carbocycles. The van der Waals surface area contributed by atoms with Crippen LogP contribution in [0.2, 0.25) is 0 Å². The topological polar surface area (TPSA) is 89.3 Å². The molecule has 0 radical (unpaired) electrons. The molecule has 8 heteroatoms. The maximum atomic E-state index is 11.6. The van der Waals surface area contributed by atoms with E-state index in [0.29, 0.717) is 16.7 Å². The molecule has 0 saturated heterocycles. The molecule has 0 fully saturated rings. The van der Waals surface area contributed by atoms with Crippen molar-refractivity contribution in [2.45, 2.75) is 31.2 Å². The highest BCUT2D eigenvalue weighted by atomic mass is 32.2. The maximum Gasteiger partial charge on any atom is 0.251 e. The van der Waals surface area contributed by atoms with Gasteiger partial charge in [0.15, 0.2) is 0 Å². The summed E-state index contributed by atoms with van der Waals surface area (Å²) >= 11 is 1.44. The van der Waals surface area contributed by atoms with Crippen molar-refractivity contribution in [2.75, 3.05) is 0 Å². The van der Waals surface area contributed by atoms with Crippen LogP contribution in [0.5, 0.6) is 0 Å². The summed E-state index contributed by atoms with van der Waals surface area (Å²) in [5.74, 6) is 0.610. The molecular formula is C15H16N6OS. The van der Waals surface area contributed by atoms with Crippen LogP contribution in [0.1, 0.15) is 29.3 Å². The predicted octanol–water partition coefficient (Wildman–Crippen LogP) is 2.22. The summed E-state index contributed by atoms with van der Waals surface area (Å²) in [5, 5.41) is 12.4. The fourth-order valence-electron chi connectivity index (χ4n) is 2.11. The van der Waals surface area contributed by atoms with Gasteiger partial charge >= 0.3 is 0 Å². The van der Waals surface area contributed by atoms with Gasteiger partial charge in [-0.15, -0.1) is 5.10 Å². The SMILES string of the molecule is Cc1ccc(-n2nnnc2SC(C)c2nc(C)cc(=O)[nH]2)cc1. The second-order valence-corrected chi connectivity index (χ2v) is 6.55. The van der Waals surface area contributed by atoms with Crippen molar-refractivity contribution in [1.82, 2.24) is 30.2 Å². The summed E-state index contributed by atoms with van der Waals surface area (Å²) in [5.41, 5.74) is 2.60. The monoisotopic (exact) mass is 328 g/mol. The van der Waals surface area contributed by atoms with E-state index in [4.69, 9.17) is 0 Å². The number of H-pyrrole nitrogens is 1. The molecule has 0 aliphatic rings. The van der Waals surface area contributed by atoms with Crippen molar-refractivity contribution in [3.63, 3.8) is 0 Å². The second kappa shape index (κ2) is 6.33. The van der Waals surface area contributed by atoms with Gasteiger partial charge in [-0.25, -0.2) is 4.98 Å². The van der Waals surface area contributed by atoms with E-state index < -0.39 is 0 Å². The molecule has 118 valence electrons. The molecule has 0 spiro atoms. The molecule has 0 amide bonds. The molecule has 1 atom stereocenters. The van der Waals surface area contributed by atoms with E-state index in [9.17, 15) is 4.79 Å². The molecule has 0 aliphatic carbocycles. The van der Waals surface area contributed by atoms with Crippen LogP contribution in [0.3, 0.4) is 0 Å². The Kier molecular flexibility index (Phi) is 4.24. The Bertz CT molecular complexity index is 870. The summed E-state index contributed by atoms with van der Waals surface area (Å²) in [7, 11) is 0. The van der Waals surface area contributed by atoms with Gasteiger partial charge in [0.05, 0.1) is 10.9 Å². The van der Waals surface area contributed by atoms with Gasteiger partial charge < -0.3 is 4.98 Å². The van der Waals surface area contributed by atoms with Gasteiger partial charge in [-0.1, -0.05) is 29.5 Å². The minimum Gasteiger partial charge on any atom is -0.310 e. The average Bonchev–Trinajstić information content (AvgIpc) is 2.95. The van der Waals surface area contributed by atoms with Crippen LogP contribution in [-0.2, 0) is 0 Å². The molecule has 1 aromatic carbocycles. The van der Waals surface area contributed by atoms with Crippen LogP contribution in [0.4, 0.5) is 0 Å². The fraction of sp³-hybridized carbons (Fsp3) is 0.267. The van der Waals surface area contributed by atoms with Crippen molar-refractivity contribution in [3.8, 4) is 5.69 Å². The second-order valence-electron chi connectivity index (χ2n) is 5.24. The molecule has 2 heterocycles. The zero-order valence-corrected chi connectivity index (χ0v) is 13.8. The molecule has 1 N–H and O–H groups in total. The van der Waals surface area contributed by atoms with Gasteiger partial charge in [-0.2, -0.15) is 4.68 Å². The lowest BCUT2D eigenvalue weighted by Crippen LogP contribution is -2.12. The number of hydrogen-bond acceptors (Lipinski definition) is 6. The number of nitrogens with zero attached hydrogens (tertiary/aromatic N) is 5. The Labute approximate surface area is 137 Å². The lowest BCUT2D eigenvalue weighted by atomic mass is 10.2. The maximum absolute atomic E-state index is 11.6. The van der Waals surface area contributed by atoms with Crippen molar-refractivity contribution in [3.05, 3.63) is 57.8 Å². The normalized spacial score (nSPS) is 12.3. The van der Waals surface area contributed by atoms with Crippen molar-refractivity contribution >= 4 is 11.8 Å². The summed E-state index contributed by atoms with van der Waals surface area (Å²) < 4.78 is 1.68. The van der Waals surface area contributed by atoms with Gasteiger partial charge in [-0.3, -0.25) is 4.79 Å². The van der Waals surface area contributed by atoms with Crippen molar-refractivity contribution in [2.24, 2.45) is 0 Å². The highest BCUT2D eigenvalue weighted by Gasteiger charge is 2.16. The minimum atomic E-state index is -0.155. The lowest BCUT2D eigenvalue weighted by Gasteiger charge is -2.10. The quantitative estimate of drug-likeness (QED) is 0.739. The number of tetrazole rings is 1. The molecule has 0 bridgehead atoms. The third kappa shape index (κ3) is 3.48. The van der Waals surface area contributed by atoms with Gasteiger partial charge in [-0.05, 0) is 43.3 Å². The van der Waals surface area contributed by atoms with E-state index in [-0.39, 0.29) is 10.8 Å². The van der Waals surface area contributed by atoms with Crippen LogP contribution in [0.15, 0.2) is 40.3 Å². The first kappa shape index (κ1) is 15.4. The smallest absolute Gasteiger partial charge is 0.251 e. The Balaban J connectivity index is 1.87. The third-order valence-electron chi connectivity index (χ3n) is 3.27. The van der Waals surface area contributed by atoms with E-state index in [2.05, 4.69) is 25.5 Å². The van der Waals surface area contributed by atoms with Gasteiger partial charge in [0, 0.05) is 11.8 Å². The van der Waals surface area contributed by atoms with Crippen LogP contribution in [0, 0.1) is 13.8 Å². The van der Waals surface area contributed by atoms with Crippen molar-refractivity contribution in [1.29, 1.82) is 0 Å². The van der Waals surface area contributed by atoms with E-state index in [1.165, 1.54) is 23.4 Å². The number of aromatic nitrogens is 6. The first-order valence-electron chi connectivity index (χ1n) is 7.13. The Morgan fingerprint density at radius 2 is 1.96 bits per heavy atom. The standard InChI is InChI=1S/C15H16N6OS/c1-9-4-6-12(7-5-9)21-15(18-19-20-21)23-11(3)14-16-10(2)8-13(22)17-14/h4-8,11H,1-3H3,(H,16,17,22). The fourth-order valence-corrected chi connectivity index (χ4v) is 2.97. The van der Waals surface area contributed by atoms with Crippen LogP contribution >= 0.6 is 11.8 Å². The first-order valence-corrected chi connectivity index (χ1v) is 8.01. The number of aromatic amines is 1. The van der Waals surface area contributed by atoms with E-state index in [0.717, 1.165) is 5.69 Å². The number of hydrogen-bond donors (Lipinski definition) is 1. The van der Waals surface area contributed by atoms with E-state index in [1.54, 1.807) is 11.6 Å². The number of rotatable bonds is 4. The molecule has 0 aliphatic heterocycles. The molecular weight excluding hydrogens is 312 g/mol. The minimum absolute atomic E-state index is 0.0854. The summed E-state index contributed by atoms with van der Waals surface area (Å²) in [6.07, 6.45) is 0. The Hall–Kier alpha value is -2.48. The van der Waals surface area contributed by atoms with Crippen LogP contribution < -0.4 is 5.56 Å². The first-order chi connectivity index (χ1) is 11.0. The molecule has 1 unspecified atom stereocenters. The predicted molar refractivity (Wildman–Crippen MR) is 87.8 cm³/mol. The lowest BCUT2D eigenvalue weighted by molar-refractivity contribution is 0.753. The molecule has 3 rings (SSSR count). The summed E-state index contributed by atoms with van der Waals surface area (Å²) in [6.45, 7) is 5.78. The molecule has 7 nitrogen and oxygen atoms in total. The van der Waals surface area contributed by atoms with E-state index >= 15 is 0 Å². The zero-order valence-electron chi connectivity index (χ0n) is 13.0. The van der Waals surface area contributed by atoms with Gasteiger partial charge in [0.25, 0.3) is 5.56 Å². The number of benzene rings is 1. The molecule has 23 heavy (non-hydrogen) atoms. The Morgan fingerprint density at radius 3 is 2.65 bits per heavy atom. The van der Waals surface area contributed by atoms with Crippen molar-refractivity contribution < 1.29 is 0 Å². The van der Waals surface area contributed by atoms with E-state index in [1.807, 2.05) is 38.1 Å². The summed E-state index contributed by atoms with van der Waals surface area (Å²) in [6, 6.07) is 9.42. The Morgan fingerprint density at radius 1 is 1.22 bits per heavy atom. The average molecular weight is 328 g/mol. The number of aryl methyl sites for hydroxylation is 2. The highest BCUT2D eigenvalue weighted by molar-refractivity contribution is 7.99. The number of nitrogens with one attached hydrogen (secondary N) is 1. The van der Waals surface area contributed by atoms with Gasteiger partial charge in [0.2, 0.25) is 5.16 Å². The summed E-state index contributed by atoms with van der Waals surface area (Å²) in [4.78, 5) is 18.7. The van der Waals surface area contributed by atoms with Gasteiger partial charge in [0.1, 0.15) is 5.82 Å². The van der Waals surface area contributed by atoms with Crippen LogP contribution in [-0.4, -0.2) is 30.2 Å². The third-order valence-corrected chi connectivity index (χ3v) is 4.32. The molecule has 3 aromatic rings. The number of thioether (sulfide) groups is 1. The van der Waals surface area contributed by atoms with Crippen LogP contribution in [0.25, 0.3) is 5.69 Å². The molecule has 2 aromatic heterocycles. The highest BCUT2D eigenvalue weighted by Crippen LogP contribution is 2.31. The largest absolute Gasteiger partial charge is 0.310 e. The zero-order chi connectivity index (χ0) is 16.4.